The first-order chi connectivity index (χ1) is 12.7. The maximum absolute atomic E-state index is 12.6. The molecule has 1 heterocycles. The van der Waals surface area contributed by atoms with Gasteiger partial charge in [-0.1, -0.05) is 54.6 Å². The van der Waals surface area contributed by atoms with E-state index in [9.17, 15) is 4.79 Å². The van der Waals surface area contributed by atoms with Crippen LogP contribution >= 0.6 is 24.8 Å². The fraction of sp³-hybridized carbons (Fsp3) is 0.435. The molecule has 0 radical (unpaired) electrons. The van der Waals surface area contributed by atoms with Crippen molar-refractivity contribution in [3.8, 4) is 0 Å². The number of piperidine rings is 1. The zero-order valence-corrected chi connectivity index (χ0v) is 18.0. The van der Waals surface area contributed by atoms with Crippen molar-refractivity contribution in [1.29, 1.82) is 0 Å². The topological polar surface area (TPSA) is 46.3 Å². The minimum atomic E-state index is 0. The number of ketones is 1. The maximum atomic E-state index is 12.6. The summed E-state index contributed by atoms with van der Waals surface area (Å²) in [6.07, 6.45) is 4.61. The molecule has 2 N–H and O–H groups in total. The summed E-state index contributed by atoms with van der Waals surface area (Å²) in [5.41, 5.74) is 9.49. The number of hydrogen-bond acceptors (Lipinski definition) is 3. The highest BCUT2D eigenvalue weighted by Crippen LogP contribution is 2.21. The maximum Gasteiger partial charge on any atom is 0.137 e. The quantitative estimate of drug-likeness (QED) is 0.683. The van der Waals surface area contributed by atoms with Gasteiger partial charge < -0.3 is 5.73 Å². The summed E-state index contributed by atoms with van der Waals surface area (Å²) in [5, 5.41) is 0. The van der Waals surface area contributed by atoms with Gasteiger partial charge in [0.2, 0.25) is 0 Å². The molecule has 2 aromatic rings. The van der Waals surface area contributed by atoms with E-state index in [1.54, 1.807) is 0 Å². The van der Waals surface area contributed by atoms with Crippen LogP contribution in [0, 0.1) is 5.92 Å². The molecule has 0 aliphatic carbocycles. The van der Waals surface area contributed by atoms with Crippen LogP contribution in [0.25, 0.3) is 0 Å². The van der Waals surface area contributed by atoms with Crippen molar-refractivity contribution in [2.24, 2.45) is 11.7 Å². The summed E-state index contributed by atoms with van der Waals surface area (Å²) < 4.78 is 0. The molecular formula is C23H32Cl2N2O. The van der Waals surface area contributed by atoms with Crippen molar-refractivity contribution in [1.82, 2.24) is 4.90 Å². The van der Waals surface area contributed by atoms with Crippen molar-refractivity contribution >= 4 is 30.6 Å². The third kappa shape index (κ3) is 7.56. The average Bonchev–Trinajstić information content (AvgIpc) is 2.69. The molecule has 0 bridgehead atoms. The number of likely N-dealkylation sites (tertiary alicyclic amines) is 1. The SMILES string of the molecule is Cl.Cl.NCCc1ccc(CN2CCCC(C(=O)CCc3ccccc3)C2)cc1. The standard InChI is InChI=1S/C23H30N2O.2ClH/c24-15-14-20-8-10-21(11-9-20)17-25-16-4-7-22(18-25)23(26)13-12-19-5-2-1-3-6-19;;/h1-3,5-6,8-11,22H,4,7,12-18,24H2;2*1H. The lowest BCUT2D eigenvalue weighted by atomic mass is 9.90. The van der Waals surface area contributed by atoms with E-state index < -0.39 is 0 Å². The number of Topliss-reactive ketones (excluding diaryl/α,β-unsaturated/α-hetero) is 1. The Kier molecular flexibility index (Phi) is 11.4. The van der Waals surface area contributed by atoms with Gasteiger partial charge >= 0.3 is 0 Å². The molecule has 28 heavy (non-hydrogen) atoms. The number of benzene rings is 2. The van der Waals surface area contributed by atoms with Crippen LogP contribution in [0.5, 0.6) is 0 Å². The second-order valence-electron chi connectivity index (χ2n) is 7.38. The van der Waals surface area contributed by atoms with Crippen LogP contribution in [0.2, 0.25) is 0 Å². The van der Waals surface area contributed by atoms with Gasteiger partial charge in [-0.3, -0.25) is 9.69 Å². The van der Waals surface area contributed by atoms with Crippen molar-refractivity contribution in [3.05, 3.63) is 71.3 Å². The smallest absolute Gasteiger partial charge is 0.137 e. The molecular weight excluding hydrogens is 391 g/mol. The molecule has 0 spiro atoms. The zero-order valence-electron chi connectivity index (χ0n) is 16.4. The van der Waals surface area contributed by atoms with Crippen LogP contribution in [-0.2, 0) is 24.2 Å². The number of carbonyl (C=O) groups is 1. The lowest BCUT2D eigenvalue weighted by Crippen LogP contribution is -2.38. The predicted molar refractivity (Wildman–Crippen MR) is 121 cm³/mol. The van der Waals surface area contributed by atoms with Gasteiger partial charge in [0.1, 0.15) is 5.78 Å². The van der Waals surface area contributed by atoms with Crippen LogP contribution in [0.1, 0.15) is 36.0 Å². The van der Waals surface area contributed by atoms with Crippen molar-refractivity contribution in [2.75, 3.05) is 19.6 Å². The normalized spacial score (nSPS) is 16.7. The predicted octanol–water partition coefficient (Wildman–Crippen LogP) is 4.45. The van der Waals surface area contributed by atoms with Gasteiger partial charge in [0.15, 0.2) is 0 Å². The van der Waals surface area contributed by atoms with E-state index in [1.165, 1.54) is 16.7 Å². The van der Waals surface area contributed by atoms with Gasteiger partial charge in [0, 0.05) is 25.4 Å². The minimum absolute atomic E-state index is 0. The second kappa shape index (κ2) is 12.9. The van der Waals surface area contributed by atoms with Crippen molar-refractivity contribution < 1.29 is 4.79 Å². The first-order valence-corrected chi connectivity index (χ1v) is 9.81. The molecule has 154 valence electrons. The van der Waals surface area contributed by atoms with Crippen LogP contribution in [0.3, 0.4) is 0 Å². The zero-order chi connectivity index (χ0) is 18.2. The Labute approximate surface area is 181 Å². The first kappa shape index (κ1) is 24.6. The highest BCUT2D eigenvalue weighted by atomic mass is 35.5. The van der Waals surface area contributed by atoms with E-state index in [-0.39, 0.29) is 30.7 Å². The molecule has 3 rings (SSSR count). The van der Waals surface area contributed by atoms with Crippen molar-refractivity contribution in [2.45, 2.75) is 38.6 Å². The Morgan fingerprint density at radius 3 is 2.25 bits per heavy atom. The second-order valence-corrected chi connectivity index (χ2v) is 7.38. The molecule has 0 saturated carbocycles. The van der Waals surface area contributed by atoms with E-state index in [1.807, 2.05) is 18.2 Å². The molecule has 0 amide bonds. The largest absolute Gasteiger partial charge is 0.330 e. The number of nitrogens with zero attached hydrogens (tertiary/aromatic N) is 1. The Hall–Kier alpha value is -1.39. The number of nitrogens with two attached hydrogens (primary N) is 1. The Balaban J connectivity index is 0.00000196. The Morgan fingerprint density at radius 2 is 1.57 bits per heavy atom. The molecule has 1 saturated heterocycles. The lowest BCUT2D eigenvalue weighted by molar-refractivity contribution is -0.124. The van der Waals surface area contributed by atoms with E-state index in [0.29, 0.717) is 18.7 Å². The summed E-state index contributed by atoms with van der Waals surface area (Å²) in [5.74, 6) is 0.626. The number of hydrogen-bond donors (Lipinski definition) is 1. The molecule has 0 aromatic heterocycles. The molecule has 5 heteroatoms. The fourth-order valence-corrected chi connectivity index (χ4v) is 3.81. The van der Waals surface area contributed by atoms with Gasteiger partial charge in [0.05, 0.1) is 0 Å². The molecule has 1 aliphatic rings. The van der Waals surface area contributed by atoms with Crippen LogP contribution in [-0.4, -0.2) is 30.3 Å². The van der Waals surface area contributed by atoms with E-state index in [2.05, 4.69) is 41.3 Å². The Morgan fingerprint density at radius 1 is 0.929 bits per heavy atom. The van der Waals surface area contributed by atoms with Crippen molar-refractivity contribution in [3.63, 3.8) is 0 Å². The Bertz CT molecular complexity index is 692. The molecule has 2 aromatic carbocycles. The number of carbonyl (C=O) groups excluding carboxylic acids is 1. The van der Waals surface area contributed by atoms with E-state index in [0.717, 1.165) is 45.3 Å². The van der Waals surface area contributed by atoms with Crippen LogP contribution in [0.15, 0.2) is 54.6 Å². The summed E-state index contributed by atoms with van der Waals surface area (Å²) in [6, 6.07) is 19.1. The molecule has 1 unspecified atom stereocenters. The van der Waals surface area contributed by atoms with Gasteiger partial charge in [-0.2, -0.15) is 0 Å². The minimum Gasteiger partial charge on any atom is -0.330 e. The summed E-state index contributed by atoms with van der Waals surface area (Å²) >= 11 is 0. The van der Waals surface area contributed by atoms with Gasteiger partial charge in [-0.15, -0.1) is 24.8 Å². The van der Waals surface area contributed by atoms with Crippen LogP contribution in [0.4, 0.5) is 0 Å². The highest BCUT2D eigenvalue weighted by Gasteiger charge is 2.25. The van der Waals surface area contributed by atoms with Crippen LogP contribution < -0.4 is 5.73 Å². The molecule has 3 nitrogen and oxygen atoms in total. The molecule has 1 fully saturated rings. The summed E-state index contributed by atoms with van der Waals surface area (Å²) in [7, 11) is 0. The lowest BCUT2D eigenvalue weighted by Gasteiger charge is -2.32. The van der Waals surface area contributed by atoms with E-state index in [4.69, 9.17) is 5.73 Å². The summed E-state index contributed by atoms with van der Waals surface area (Å²) in [4.78, 5) is 15.1. The monoisotopic (exact) mass is 422 g/mol. The fourth-order valence-electron chi connectivity index (χ4n) is 3.81. The third-order valence-corrected chi connectivity index (χ3v) is 5.33. The molecule has 1 aliphatic heterocycles. The van der Waals surface area contributed by atoms with Gasteiger partial charge in [-0.05, 0) is 55.5 Å². The van der Waals surface area contributed by atoms with E-state index >= 15 is 0 Å². The number of halogens is 2. The first-order valence-electron chi connectivity index (χ1n) is 9.81. The highest BCUT2D eigenvalue weighted by molar-refractivity contribution is 5.85. The number of aryl methyl sites for hydroxylation is 1. The molecule has 1 atom stereocenters. The number of rotatable bonds is 8. The third-order valence-electron chi connectivity index (χ3n) is 5.33. The van der Waals surface area contributed by atoms with Gasteiger partial charge in [0.25, 0.3) is 0 Å². The van der Waals surface area contributed by atoms with Gasteiger partial charge in [-0.25, -0.2) is 0 Å². The summed E-state index contributed by atoms with van der Waals surface area (Å²) in [6.45, 7) is 3.62. The average molecular weight is 423 g/mol.